The number of alkyl halides is 6. The van der Waals surface area contributed by atoms with Crippen molar-refractivity contribution in [3.63, 3.8) is 0 Å². The Morgan fingerprint density at radius 2 is 1.73 bits per heavy atom. The molecule has 0 fully saturated rings. The van der Waals surface area contributed by atoms with Gasteiger partial charge in [0, 0.05) is 19.2 Å². The molecule has 0 bridgehead atoms. The normalized spacial score (nSPS) is 11.9. The number of halogens is 7. The first-order chi connectivity index (χ1) is 15.2. The number of hydrogen-bond donors (Lipinski definition) is 1. The van der Waals surface area contributed by atoms with Crippen LogP contribution in [-0.4, -0.2) is 40.1 Å². The van der Waals surface area contributed by atoms with Crippen molar-refractivity contribution in [3.8, 4) is 5.88 Å². The van der Waals surface area contributed by atoms with Crippen LogP contribution in [0.5, 0.6) is 5.88 Å². The van der Waals surface area contributed by atoms with Crippen LogP contribution in [0.15, 0.2) is 12.1 Å². The SMILES string of the molecule is COCCOc1cc(C(Cl)(Cl)Cl)nc(Nc2c([N+](=O)[O-])cc(C(F)(F)F)c(Cl)c2[N+](=O)[O-])n1. The number of ether oxygens (including phenoxy) is 2. The van der Waals surface area contributed by atoms with Crippen molar-refractivity contribution in [2.24, 2.45) is 0 Å². The lowest BCUT2D eigenvalue weighted by Crippen LogP contribution is -2.14. The van der Waals surface area contributed by atoms with Crippen LogP contribution in [0.3, 0.4) is 0 Å². The highest BCUT2D eigenvalue weighted by Crippen LogP contribution is 2.48. The zero-order valence-electron chi connectivity index (χ0n) is 16.0. The molecule has 18 heteroatoms. The molecular formula is C15H10Cl4F3N5O6. The van der Waals surface area contributed by atoms with E-state index in [0.717, 1.165) is 6.07 Å². The van der Waals surface area contributed by atoms with E-state index in [0.29, 0.717) is 0 Å². The van der Waals surface area contributed by atoms with Crippen molar-refractivity contribution in [1.29, 1.82) is 0 Å². The minimum atomic E-state index is -5.22. The van der Waals surface area contributed by atoms with Crippen LogP contribution in [0.1, 0.15) is 11.3 Å². The van der Waals surface area contributed by atoms with Gasteiger partial charge in [-0.25, -0.2) is 4.98 Å². The number of methoxy groups -OCH3 is 1. The van der Waals surface area contributed by atoms with Gasteiger partial charge in [-0.15, -0.1) is 0 Å². The largest absolute Gasteiger partial charge is 0.475 e. The monoisotopic (exact) mass is 553 g/mol. The van der Waals surface area contributed by atoms with Gasteiger partial charge in [-0.05, 0) is 0 Å². The fourth-order valence-corrected chi connectivity index (χ4v) is 2.93. The van der Waals surface area contributed by atoms with E-state index in [-0.39, 0.29) is 30.9 Å². The van der Waals surface area contributed by atoms with E-state index in [1.165, 1.54) is 7.11 Å². The molecule has 1 aromatic carbocycles. The first-order valence-electron chi connectivity index (χ1n) is 8.24. The molecule has 0 saturated heterocycles. The summed E-state index contributed by atoms with van der Waals surface area (Å²) in [6.45, 7) is 0.0694. The first kappa shape index (κ1) is 26.9. The highest BCUT2D eigenvalue weighted by molar-refractivity contribution is 6.66. The Bertz CT molecular complexity index is 1080. The van der Waals surface area contributed by atoms with E-state index < -0.39 is 53.4 Å². The molecule has 11 nitrogen and oxygen atoms in total. The molecule has 0 aliphatic heterocycles. The molecule has 0 amide bonds. The van der Waals surface area contributed by atoms with Gasteiger partial charge < -0.3 is 14.8 Å². The zero-order valence-corrected chi connectivity index (χ0v) is 19.0. The van der Waals surface area contributed by atoms with Crippen LogP contribution in [0.4, 0.5) is 36.2 Å². The highest BCUT2D eigenvalue weighted by Gasteiger charge is 2.42. The lowest BCUT2D eigenvalue weighted by atomic mass is 10.1. The summed E-state index contributed by atoms with van der Waals surface area (Å²) in [6.07, 6.45) is -5.22. The molecule has 0 radical (unpaired) electrons. The van der Waals surface area contributed by atoms with E-state index in [1.807, 2.05) is 0 Å². The van der Waals surface area contributed by atoms with Crippen molar-refractivity contribution in [2.45, 2.75) is 9.97 Å². The van der Waals surface area contributed by atoms with Gasteiger partial charge in [0.15, 0.2) is 0 Å². The van der Waals surface area contributed by atoms with Crippen LogP contribution >= 0.6 is 46.4 Å². The summed E-state index contributed by atoms with van der Waals surface area (Å²) >= 11 is 23.0. The van der Waals surface area contributed by atoms with E-state index in [1.54, 1.807) is 0 Å². The molecule has 0 saturated carbocycles. The molecule has 1 N–H and O–H groups in total. The predicted molar refractivity (Wildman–Crippen MR) is 112 cm³/mol. The Kier molecular flexibility index (Phi) is 8.35. The van der Waals surface area contributed by atoms with Gasteiger partial charge in [0.2, 0.25) is 21.3 Å². The Morgan fingerprint density at radius 3 is 2.21 bits per heavy atom. The maximum Gasteiger partial charge on any atom is 0.418 e. The van der Waals surface area contributed by atoms with Crippen LogP contribution in [0, 0.1) is 20.2 Å². The molecule has 180 valence electrons. The van der Waals surface area contributed by atoms with Crippen molar-refractivity contribution in [2.75, 3.05) is 25.6 Å². The molecule has 1 heterocycles. The topological polar surface area (TPSA) is 143 Å². The fraction of sp³-hybridized carbons (Fsp3) is 0.333. The van der Waals surface area contributed by atoms with E-state index >= 15 is 0 Å². The second kappa shape index (κ2) is 10.3. The van der Waals surface area contributed by atoms with E-state index in [4.69, 9.17) is 55.9 Å². The third-order valence-electron chi connectivity index (χ3n) is 3.67. The number of anilines is 2. The lowest BCUT2D eigenvalue weighted by Gasteiger charge is -2.16. The molecule has 0 aliphatic rings. The summed E-state index contributed by atoms with van der Waals surface area (Å²) < 4.78 is 47.6. The van der Waals surface area contributed by atoms with Gasteiger partial charge in [-0.3, -0.25) is 20.2 Å². The fourth-order valence-electron chi connectivity index (χ4n) is 2.32. The molecule has 0 aliphatic carbocycles. The van der Waals surface area contributed by atoms with Gasteiger partial charge in [0.25, 0.3) is 0 Å². The van der Waals surface area contributed by atoms with Crippen molar-refractivity contribution in [1.82, 2.24) is 9.97 Å². The number of hydrogen-bond acceptors (Lipinski definition) is 9. The molecule has 2 rings (SSSR count). The number of nitrogens with zero attached hydrogens (tertiary/aromatic N) is 4. The molecule has 1 aromatic heterocycles. The van der Waals surface area contributed by atoms with Gasteiger partial charge in [0.05, 0.1) is 22.0 Å². The Morgan fingerprint density at radius 1 is 1.09 bits per heavy atom. The number of nitro benzene ring substituents is 2. The maximum atomic E-state index is 13.2. The number of rotatable bonds is 8. The number of nitro groups is 2. The van der Waals surface area contributed by atoms with Gasteiger partial charge in [0.1, 0.15) is 17.3 Å². The Labute approximate surface area is 202 Å². The third-order valence-corrected chi connectivity index (χ3v) is 4.63. The number of aromatic nitrogens is 2. The highest BCUT2D eigenvalue weighted by atomic mass is 35.6. The molecule has 2 aromatic rings. The predicted octanol–water partition coefficient (Wildman–Crippen LogP) is 5.56. The summed E-state index contributed by atoms with van der Waals surface area (Å²) in [5.74, 6) is -0.873. The summed E-state index contributed by atoms with van der Waals surface area (Å²) in [4.78, 5) is 27.9. The smallest absolute Gasteiger partial charge is 0.418 e. The Hall–Kier alpha value is -2.39. The van der Waals surface area contributed by atoms with Crippen LogP contribution < -0.4 is 10.1 Å². The molecule has 0 spiro atoms. The molecule has 0 atom stereocenters. The summed E-state index contributed by atoms with van der Waals surface area (Å²) in [5.41, 5.74) is -5.91. The third kappa shape index (κ3) is 6.57. The number of nitrogens with one attached hydrogen (secondary N) is 1. The van der Waals surface area contributed by atoms with Crippen LogP contribution in [-0.2, 0) is 14.7 Å². The quantitative estimate of drug-likeness (QED) is 0.192. The van der Waals surface area contributed by atoms with Crippen LogP contribution in [0.25, 0.3) is 0 Å². The van der Waals surface area contributed by atoms with Crippen molar-refractivity contribution >= 4 is 69.4 Å². The maximum absolute atomic E-state index is 13.2. The second-order valence-electron chi connectivity index (χ2n) is 5.87. The van der Waals surface area contributed by atoms with Gasteiger partial charge in [-0.2, -0.15) is 18.2 Å². The molecule has 0 unspecified atom stereocenters. The number of benzene rings is 1. The first-order valence-corrected chi connectivity index (χ1v) is 9.75. The van der Waals surface area contributed by atoms with Crippen molar-refractivity contribution < 1.29 is 32.5 Å². The van der Waals surface area contributed by atoms with Crippen molar-refractivity contribution in [3.05, 3.63) is 48.6 Å². The van der Waals surface area contributed by atoms with E-state index in [9.17, 15) is 33.4 Å². The summed E-state index contributed by atoms with van der Waals surface area (Å²) in [7, 11) is 1.38. The molecular weight excluding hydrogens is 545 g/mol. The van der Waals surface area contributed by atoms with Gasteiger partial charge in [-0.1, -0.05) is 46.4 Å². The van der Waals surface area contributed by atoms with Crippen LogP contribution in [0.2, 0.25) is 5.02 Å². The van der Waals surface area contributed by atoms with Gasteiger partial charge >= 0.3 is 17.6 Å². The molecule has 33 heavy (non-hydrogen) atoms. The average Bonchev–Trinajstić information content (AvgIpc) is 2.66. The lowest BCUT2D eigenvalue weighted by molar-refractivity contribution is -0.392. The second-order valence-corrected chi connectivity index (χ2v) is 8.53. The minimum Gasteiger partial charge on any atom is -0.475 e. The zero-order chi connectivity index (χ0) is 25.1. The summed E-state index contributed by atoms with van der Waals surface area (Å²) in [5, 5.41) is 23.7. The minimum absolute atomic E-state index is 0.0342. The van der Waals surface area contributed by atoms with E-state index in [2.05, 4.69) is 15.3 Å². The standard InChI is InChI=1S/C15H10Cl4F3N5O6/c1-32-2-3-33-9-5-8(14(17,18)19)23-13(24-9)25-11-7(26(28)29)4-6(15(20,21)22)10(16)12(11)27(30)31/h4-5H,2-3H2,1H3,(H,23,24,25). The average molecular weight is 555 g/mol. The Balaban J connectivity index is 2.73. The summed E-state index contributed by atoms with van der Waals surface area (Å²) in [6, 6.07) is 1.13.